The van der Waals surface area contributed by atoms with Crippen LogP contribution in [-0.4, -0.2) is 164 Å². The van der Waals surface area contributed by atoms with Gasteiger partial charge in [0.25, 0.3) is 11.8 Å². The maximum Gasteiger partial charge on any atom is 1.00 e. The molecule has 364 valence electrons. The number of carboxylic acids is 4. The molecule has 4 heterocycles. The van der Waals surface area contributed by atoms with Crippen molar-refractivity contribution in [2.75, 3.05) is 37.9 Å². The normalized spacial score (nSPS) is 19.6. The molecule has 0 aromatic carbocycles. The molecule has 0 spiro atoms. The number of amides is 6. The summed E-state index contributed by atoms with van der Waals surface area (Å²) >= 11 is 2.41. The first kappa shape index (κ1) is 61.4. The third kappa shape index (κ3) is 17.4. The Morgan fingerprint density at radius 1 is 0.632 bits per heavy atom. The van der Waals surface area contributed by atoms with E-state index in [1.54, 1.807) is 13.8 Å². The quantitative estimate of drug-likeness (QED) is 0.0254. The number of carbonyl (C=O) groups excluding carboxylic acids is 10. The van der Waals surface area contributed by atoms with Crippen LogP contribution in [0.3, 0.4) is 0 Å². The number of ether oxygens (including phenoxy) is 4. The first-order valence-electron chi connectivity index (χ1n) is 20.1. The van der Waals surface area contributed by atoms with Crippen LogP contribution in [-0.2, 0) is 66.9 Å². The summed E-state index contributed by atoms with van der Waals surface area (Å²) in [5, 5.41) is 49.5. The second-order valence-corrected chi connectivity index (χ2v) is 16.5. The smallest absolute Gasteiger partial charge is 0.543 e. The van der Waals surface area contributed by atoms with Crippen molar-refractivity contribution in [2.45, 2.75) is 101 Å². The number of nitrogens with zero attached hydrogens (tertiary/aromatic N) is 2. The second-order valence-electron chi connectivity index (χ2n) is 14.2. The van der Waals surface area contributed by atoms with Gasteiger partial charge in [0.2, 0.25) is 11.8 Å². The zero-order chi connectivity index (χ0) is 49.4. The third-order valence-corrected chi connectivity index (χ3v) is 12.2. The molecule has 6 N–H and O–H groups in total. The number of carboxylic acid groups (broad SMARTS) is 4. The zero-order valence-electron chi connectivity index (χ0n) is 37.9. The van der Waals surface area contributed by atoms with E-state index in [1.807, 2.05) is 0 Å². The van der Waals surface area contributed by atoms with E-state index in [-0.39, 0.29) is 158 Å². The second kappa shape index (κ2) is 29.4. The molecule has 0 aromatic rings. The summed E-state index contributed by atoms with van der Waals surface area (Å²) in [4.78, 5) is 142. The molecule has 2 saturated heterocycles. The van der Waals surface area contributed by atoms with Gasteiger partial charge in [-0.2, -0.15) is 0 Å². The van der Waals surface area contributed by atoms with Crippen molar-refractivity contribution in [2.24, 2.45) is 0 Å². The molecule has 0 bridgehead atoms. The van der Waals surface area contributed by atoms with Gasteiger partial charge >= 0.3 is 95.2 Å². The number of hydrogen-bond donors (Lipinski definition) is 6. The number of nitrogens with one attached hydrogen (secondary N) is 4. The summed E-state index contributed by atoms with van der Waals surface area (Å²) in [6.07, 6.45) is -1.86. The third-order valence-electron chi connectivity index (χ3n) is 9.54. The van der Waals surface area contributed by atoms with Crippen molar-refractivity contribution in [1.29, 1.82) is 0 Å². The average molecular weight is 1020 g/mol. The number of thioether (sulfide) groups is 2. The monoisotopic (exact) mass is 1020 g/mol. The fourth-order valence-corrected chi connectivity index (χ4v) is 9.17. The molecule has 0 saturated carbocycles. The number of alkyl carbamates (subject to hydrolysis) is 2. The SMILES string of the molecule is CCOC(=O)N[C@H](CCCC(=O)NC1C(=O)N2C(C(=O)[O-])=C(COC(C)=O)CS[C@H]12)C(=O)O.CCOC(=O)N[C@H](CCCC(=O)NC1C(=O)N2C(C(=O)[O-])=C(COC(C)=O)CS[C@H]12)C(=O)O.[Na+].[Na+]. The van der Waals surface area contributed by atoms with Crippen LogP contribution >= 0.6 is 23.5 Å². The Hall–Kier alpha value is -4.58. The van der Waals surface area contributed by atoms with E-state index in [2.05, 4.69) is 30.7 Å². The van der Waals surface area contributed by atoms with E-state index in [4.69, 9.17) is 19.7 Å². The molecule has 2 fully saturated rings. The average Bonchev–Trinajstić information content (AvgIpc) is 3.24. The van der Waals surface area contributed by atoms with Crippen molar-refractivity contribution in [1.82, 2.24) is 31.1 Å². The molecule has 30 heteroatoms. The van der Waals surface area contributed by atoms with E-state index in [9.17, 15) is 67.7 Å². The minimum atomic E-state index is -1.59. The fourth-order valence-electron chi connectivity index (χ4n) is 6.51. The van der Waals surface area contributed by atoms with E-state index in [0.717, 1.165) is 9.80 Å². The van der Waals surface area contributed by atoms with Gasteiger partial charge in [0.05, 0.1) is 36.5 Å². The van der Waals surface area contributed by atoms with Crippen molar-refractivity contribution >= 4 is 95.2 Å². The van der Waals surface area contributed by atoms with Gasteiger partial charge in [-0.3, -0.25) is 38.6 Å². The summed E-state index contributed by atoms with van der Waals surface area (Å²) in [7, 11) is 0. The number of aliphatic carboxylic acids is 4. The molecule has 6 amide bonds. The molecule has 26 nitrogen and oxygen atoms in total. The van der Waals surface area contributed by atoms with Gasteiger partial charge in [0, 0.05) is 49.3 Å². The molecule has 4 aliphatic rings. The maximum absolute atomic E-state index is 12.5. The van der Waals surface area contributed by atoms with Crippen molar-refractivity contribution in [3.8, 4) is 0 Å². The Kier molecular flexibility index (Phi) is 26.6. The molecule has 0 aromatic heterocycles. The fraction of sp³-hybridized carbons (Fsp3) is 0.579. The predicted molar refractivity (Wildman–Crippen MR) is 218 cm³/mol. The van der Waals surface area contributed by atoms with Gasteiger partial charge in [-0.15, -0.1) is 23.5 Å². The molecule has 68 heavy (non-hydrogen) atoms. The largest absolute Gasteiger partial charge is 1.00 e. The number of β-lactam (4-membered cyclic amide) rings is 2. The Balaban J connectivity index is 0.000000661. The predicted octanol–water partition coefficient (Wildman–Crippen LogP) is -9.35. The Morgan fingerprint density at radius 2 is 0.971 bits per heavy atom. The molecule has 4 aliphatic heterocycles. The number of hydrogen-bond acceptors (Lipinski definition) is 20. The van der Waals surface area contributed by atoms with E-state index >= 15 is 0 Å². The van der Waals surface area contributed by atoms with Gasteiger partial charge in [0.15, 0.2) is 0 Å². The van der Waals surface area contributed by atoms with Crippen molar-refractivity contribution in [3.05, 3.63) is 22.5 Å². The van der Waals surface area contributed by atoms with Gasteiger partial charge in [-0.05, 0) is 39.5 Å². The van der Waals surface area contributed by atoms with Crippen LogP contribution in [0.4, 0.5) is 9.59 Å². The van der Waals surface area contributed by atoms with Crippen molar-refractivity contribution < 1.29 is 156 Å². The minimum Gasteiger partial charge on any atom is -0.543 e. The Morgan fingerprint density at radius 3 is 1.25 bits per heavy atom. The summed E-state index contributed by atoms with van der Waals surface area (Å²) in [5.74, 6) is -8.96. The van der Waals surface area contributed by atoms with Crippen LogP contribution in [0.1, 0.15) is 66.2 Å². The van der Waals surface area contributed by atoms with Crippen LogP contribution < -0.4 is 90.6 Å². The van der Waals surface area contributed by atoms with E-state index in [1.165, 1.54) is 37.4 Å². The van der Waals surface area contributed by atoms with Crippen LogP contribution in [0.25, 0.3) is 0 Å². The Labute approximate surface area is 440 Å². The standard InChI is InChI=1S/2C19H25N3O10S.2Na/c2*1-3-31-19(30)20-11(17(26)27)5-4-6-12(24)21-13-15(25)22-14(18(28)29)10(7-32-9(2)23)8-33-16(13)22;;/h2*11,13,16H,3-8H2,1-2H3,(H,20,30)(H,21,24)(H,26,27)(H,28,29);;/q;;2*+1/p-2/t2*11-,13?,16-;;/m11../s1. The van der Waals surface area contributed by atoms with Gasteiger partial charge in [-0.25, -0.2) is 19.2 Å². The topological polar surface area (TPSA) is 383 Å². The number of rotatable bonds is 22. The summed E-state index contributed by atoms with van der Waals surface area (Å²) in [5.41, 5.74) is -0.300. The molecular weight excluding hydrogens is 971 g/mol. The van der Waals surface area contributed by atoms with E-state index < -0.39 is 107 Å². The molecule has 0 radical (unpaired) electrons. The molecule has 2 unspecified atom stereocenters. The summed E-state index contributed by atoms with van der Waals surface area (Å²) in [6.45, 7) is 5.05. The van der Waals surface area contributed by atoms with Crippen LogP contribution in [0.15, 0.2) is 22.5 Å². The number of carbonyl (C=O) groups is 12. The van der Waals surface area contributed by atoms with Crippen LogP contribution in [0.2, 0.25) is 0 Å². The molecule has 6 atom stereocenters. The summed E-state index contributed by atoms with van der Waals surface area (Å²) < 4.78 is 18.9. The maximum atomic E-state index is 12.5. The number of esters is 2. The van der Waals surface area contributed by atoms with Gasteiger partial charge in [0.1, 0.15) is 48.1 Å². The van der Waals surface area contributed by atoms with Crippen LogP contribution in [0, 0.1) is 0 Å². The first-order chi connectivity index (χ1) is 31.1. The minimum absolute atomic E-state index is 0. The van der Waals surface area contributed by atoms with E-state index in [0.29, 0.717) is 0 Å². The first-order valence-corrected chi connectivity index (χ1v) is 22.2. The van der Waals surface area contributed by atoms with Crippen LogP contribution in [0.5, 0.6) is 0 Å². The number of fused-ring (bicyclic) bond motifs is 2. The van der Waals surface area contributed by atoms with Gasteiger partial charge < -0.3 is 70.2 Å². The molecule has 4 rings (SSSR count). The zero-order valence-corrected chi connectivity index (χ0v) is 43.5. The molecule has 0 aliphatic carbocycles. The Bertz CT molecular complexity index is 1900. The van der Waals surface area contributed by atoms with Gasteiger partial charge in [-0.1, -0.05) is 0 Å². The molecular formula is C38H48N6Na2O20S2. The summed E-state index contributed by atoms with van der Waals surface area (Å²) in [6, 6.07) is -4.39. The van der Waals surface area contributed by atoms with Crippen molar-refractivity contribution in [3.63, 3.8) is 0 Å².